The van der Waals surface area contributed by atoms with Crippen molar-refractivity contribution in [3.05, 3.63) is 0 Å². The van der Waals surface area contributed by atoms with Crippen LogP contribution in [0.25, 0.3) is 0 Å². The summed E-state index contributed by atoms with van der Waals surface area (Å²) in [6.45, 7) is 2.94. The Hall–Kier alpha value is -0.210. The van der Waals surface area contributed by atoms with E-state index in [0.29, 0.717) is 13.1 Å². The summed E-state index contributed by atoms with van der Waals surface area (Å²) >= 11 is 0. The summed E-state index contributed by atoms with van der Waals surface area (Å²) in [5.74, 6) is 0. The van der Waals surface area contributed by atoms with Crippen molar-refractivity contribution in [3.8, 4) is 0 Å². The SMILES string of the molecule is CN(C)CCCN(CCCN(C)C)S(=O)(=O)N(C)C. The molecule has 0 N–H and O–H groups in total. The van der Waals surface area contributed by atoms with Crippen LogP contribution < -0.4 is 0 Å². The van der Waals surface area contributed by atoms with Gasteiger partial charge in [0.2, 0.25) is 0 Å². The van der Waals surface area contributed by atoms with E-state index >= 15 is 0 Å². The largest absolute Gasteiger partial charge is 0.309 e. The molecule has 0 spiro atoms. The molecule has 0 amide bonds. The van der Waals surface area contributed by atoms with Crippen LogP contribution in [-0.2, 0) is 10.2 Å². The molecule has 0 heterocycles. The third-order valence-corrected chi connectivity index (χ3v) is 4.75. The van der Waals surface area contributed by atoms with E-state index in [2.05, 4.69) is 9.80 Å². The molecule has 0 radical (unpaired) electrons. The Morgan fingerprint density at radius 1 is 0.684 bits per heavy atom. The van der Waals surface area contributed by atoms with Gasteiger partial charge in [0.25, 0.3) is 10.2 Å². The van der Waals surface area contributed by atoms with E-state index in [1.165, 1.54) is 4.31 Å². The van der Waals surface area contributed by atoms with Gasteiger partial charge < -0.3 is 9.80 Å². The maximum atomic E-state index is 12.2. The van der Waals surface area contributed by atoms with Gasteiger partial charge in [0.1, 0.15) is 0 Å². The fourth-order valence-corrected chi connectivity index (χ4v) is 2.88. The molecule has 0 bridgehead atoms. The van der Waals surface area contributed by atoms with E-state index in [1.54, 1.807) is 18.4 Å². The average molecular weight is 294 g/mol. The monoisotopic (exact) mass is 294 g/mol. The summed E-state index contributed by atoms with van der Waals surface area (Å²) in [4.78, 5) is 4.14. The molecule has 0 aromatic rings. The Balaban J connectivity index is 4.47. The molecule has 0 aliphatic heterocycles. The first-order chi connectivity index (χ1) is 8.67. The maximum absolute atomic E-state index is 12.2. The number of hydrogen-bond acceptors (Lipinski definition) is 4. The van der Waals surface area contributed by atoms with Gasteiger partial charge >= 0.3 is 0 Å². The Morgan fingerprint density at radius 2 is 1.05 bits per heavy atom. The van der Waals surface area contributed by atoms with Crippen molar-refractivity contribution in [1.29, 1.82) is 0 Å². The van der Waals surface area contributed by atoms with Gasteiger partial charge in [0.05, 0.1) is 0 Å². The first kappa shape index (κ1) is 18.8. The lowest BCUT2D eigenvalue weighted by Gasteiger charge is -2.26. The minimum Gasteiger partial charge on any atom is -0.309 e. The van der Waals surface area contributed by atoms with Crippen molar-refractivity contribution in [3.63, 3.8) is 0 Å². The van der Waals surface area contributed by atoms with Crippen LogP contribution in [0.1, 0.15) is 12.8 Å². The van der Waals surface area contributed by atoms with Gasteiger partial charge in [-0.2, -0.15) is 17.0 Å². The molecule has 6 nitrogen and oxygen atoms in total. The number of nitrogens with zero attached hydrogens (tertiary/aromatic N) is 4. The van der Waals surface area contributed by atoms with Crippen LogP contribution in [0.5, 0.6) is 0 Å². The normalized spacial score (nSPS) is 13.2. The molecule has 0 rings (SSSR count). The predicted molar refractivity (Wildman–Crippen MR) is 80.5 cm³/mol. The highest BCUT2D eigenvalue weighted by Crippen LogP contribution is 2.07. The van der Waals surface area contributed by atoms with Crippen LogP contribution in [0.2, 0.25) is 0 Å². The standard InChI is InChI=1S/C12H30N4O2S/c1-13(2)9-7-11-16(12-8-10-14(3)4)19(17,18)15(5)6/h7-12H2,1-6H3. The lowest BCUT2D eigenvalue weighted by Crippen LogP contribution is -2.42. The Labute approximate surface area is 119 Å². The third-order valence-electron chi connectivity index (χ3n) is 2.81. The first-order valence-corrected chi connectivity index (χ1v) is 8.04. The molecule has 0 fully saturated rings. The van der Waals surface area contributed by atoms with Gasteiger partial charge in [-0.15, -0.1) is 0 Å². The predicted octanol–water partition coefficient (Wildman–Crippen LogP) is -0.00180. The summed E-state index contributed by atoms with van der Waals surface area (Å²) in [5.41, 5.74) is 0. The molecule has 0 aromatic carbocycles. The molecule has 0 unspecified atom stereocenters. The molecule has 0 atom stereocenters. The summed E-state index contributed by atoms with van der Waals surface area (Å²) in [6.07, 6.45) is 1.70. The Bertz CT molecular complexity index is 315. The van der Waals surface area contributed by atoms with Crippen LogP contribution in [-0.4, -0.2) is 95.3 Å². The van der Waals surface area contributed by atoms with E-state index in [9.17, 15) is 8.42 Å². The molecule has 0 aliphatic rings. The van der Waals surface area contributed by atoms with Crippen molar-refractivity contribution in [2.75, 3.05) is 68.5 Å². The minimum atomic E-state index is -3.31. The quantitative estimate of drug-likeness (QED) is 0.569. The van der Waals surface area contributed by atoms with Gasteiger partial charge in [-0.3, -0.25) is 0 Å². The molecule has 19 heavy (non-hydrogen) atoms. The topological polar surface area (TPSA) is 47.1 Å². The summed E-state index contributed by atoms with van der Waals surface area (Å²) in [7, 11) is 7.85. The Morgan fingerprint density at radius 3 is 1.32 bits per heavy atom. The third kappa shape index (κ3) is 7.84. The minimum absolute atomic E-state index is 0.576. The average Bonchev–Trinajstić information content (AvgIpc) is 2.25. The van der Waals surface area contributed by atoms with Crippen molar-refractivity contribution >= 4 is 10.2 Å². The van der Waals surface area contributed by atoms with Crippen LogP contribution >= 0.6 is 0 Å². The van der Waals surface area contributed by atoms with E-state index in [1.807, 2.05) is 28.2 Å². The van der Waals surface area contributed by atoms with Gasteiger partial charge in [-0.1, -0.05) is 0 Å². The summed E-state index contributed by atoms with van der Waals surface area (Å²) in [6, 6.07) is 0. The lowest BCUT2D eigenvalue weighted by molar-refractivity contribution is 0.314. The number of rotatable bonds is 10. The van der Waals surface area contributed by atoms with E-state index in [4.69, 9.17) is 0 Å². The molecule has 0 aliphatic carbocycles. The van der Waals surface area contributed by atoms with Crippen molar-refractivity contribution < 1.29 is 8.42 Å². The van der Waals surface area contributed by atoms with E-state index in [-0.39, 0.29) is 0 Å². The molecule has 0 aromatic heterocycles. The zero-order chi connectivity index (χ0) is 15.1. The number of hydrogen-bond donors (Lipinski definition) is 0. The molecular formula is C12H30N4O2S. The van der Waals surface area contributed by atoms with Crippen molar-refractivity contribution in [2.45, 2.75) is 12.8 Å². The van der Waals surface area contributed by atoms with Crippen LogP contribution in [0.4, 0.5) is 0 Å². The fourth-order valence-electron chi connectivity index (χ4n) is 1.70. The summed E-state index contributed by atoms with van der Waals surface area (Å²) < 4.78 is 27.3. The molecule has 116 valence electrons. The molecular weight excluding hydrogens is 264 g/mol. The second-order valence-corrected chi connectivity index (χ2v) is 7.65. The van der Waals surface area contributed by atoms with Crippen LogP contribution in [0, 0.1) is 0 Å². The van der Waals surface area contributed by atoms with Crippen molar-refractivity contribution in [1.82, 2.24) is 18.4 Å². The van der Waals surface area contributed by atoms with Crippen LogP contribution in [0.3, 0.4) is 0 Å². The smallest absolute Gasteiger partial charge is 0.281 e. The highest BCUT2D eigenvalue weighted by Gasteiger charge is 2.23. The second kappa shape index (κ2) is 8.86. The van der Waals surface area contributed by atoms with Crippen molar-refractivity contribution in [2.24, 2.45) is 0 Å². The van der Waals surface area contributed by atoms with Gasteiger partial charge in [0.15, 0.2) is 0 Å². The van der Waals surface area contributed by atoms with Gasteiger partial charge in [-0.05, 0) is 54.1 Å². The zero-order valence-electron chi connectivity index (χ0n) is 13.3. The second-order valence-electron chi connectivity index (χ2n) is 5.50. The highest BCUT2D eigenvalue weighted by atomic mass is 32.2. The summed E-state index contributed by atoms with van der Waals surface area (Å²) in [5, 5.41) is 0. The van der Waals surface area contributed by atoms with E-state index in [0.717, 1.165) is 25.9 Å². The zero-order valence-corrected chi connectivity index (χ0v) is 14.1. The molecule has 7 heteroatoms. The maximum Gasteiger partial charge on any atom is 0.281 e. The van der Waals surface area contributed by atoms with Crippen LogP contribution in [0.15, 0.2) is 0 Å². The van der Waals surface area contributed by atoms with E-state index < -0.39 is 10.2 Å². The fraction of sp³-hybridized carbons (Fsp3) is 1.00. The molecule has 0 saturated carbocycles. The Kier molecular flexibility index (Phi) is 8.76. The highest BCUT2D eigenvalue weighted by molar-refractivity contribution is 7.86. The lowest BCUT2D eigenvalue weighted by atomic mass is 10.3. The molecule has 0 saturated heterocycles. The van der Waals surface area contributed by atoms with Gasteiger partial charge in [-0.25, -0.2) is 0 Å². The first-order valence-electron chi connectivity index (χ1n) is 6.65. The van der Waals surface area contributed by atoms with Gasteiger partial charge in [0, 0.05) is 27.2 Å².